The van der Waals surface area contributed by atoms with E-state index < -0.39 is 17.6 Å². The number of nitrogens with zero attached hydrogens (tertiary/aromatic N) is 1. The third-order valence-corrected chi connectivity index (χ3v) is 5.13. The van der Waals surface area contributed by atoms with Crippen LogP contribution >= 0.6 is 0 Å². The Morgan fingerprint density at radius 1 is 0.833 bits per heavy atom. The minimum absolute atomic E-state index is 0.0817. The van der Waals surface area contributed by atoms with Gasteiger partial charge in [0, 0.05) is 17.1 Å². The van der Waals surface area contributed by atoms with Crippen LogP contribution in [-0.4, -0.2) is 4.98 Å². The number of aromatic nitrogens is 1. The molecule has 0 unspecified atom stereocenters. The van der Waals surface area contributed by atoms with E-state index >= 15 is 0 Å². The van der Waals surface area contributed by atoms with Crippen molar-refractivity contribution < 1.29 is 17.6 Å². The van der Waals surface area contributed by atoms with Crippen LogP contribution in [0, 0.1) is 5.82 Å². The third kappa shape index (κ3) is 3.92. The number of alkyl halides is 3. The Labute approximate surface area is 172 Å². The van der Waals surface area contributed by atoms with Crippen molar-refractivity contribution >= 4 is 10.8 Å². The van der Waals surface area contributed by atoms with E-state index in [2.05, 4.69) is 11.9 Å². The predicted molar refractivity (Wildman–Crippen MR) is 112 cm³/mol. The van der Waals surface area contributed by atoms with Crippen LogP contribution in [0.1, 0.15) is 24.5 Å². The van der Waals surface area contributed by atoms with Gasteiger partial charge in [-0.1, -0.05) is 49.7 Å². The largest absolute Gasteiger partial charge is 0.417 e. The lowest BCUT2D eigenvalue weighted by Gasteiger charge is -2.16. The first kappa shape index (κ1) is 20.1. The van der Waals surface area contributed by atoms with Crippen LogP contribution < -0.4 is 0 Å². The van der Waals surface area contributed by atoms with Crippen molar-refractivity contribution in [2.45, 2.75) is 25.9 Å². The fraction of sp³-hybridized carbons (Fsp3) is 0.160. The van der Waals surface area contributed by atoms with Crippen LogP contribution in [0.3, 0.4) is 0 Å². The first-order chi connectivity index (χ1) is 14.4. The molecule has 0 amide bonds. The summed E-state index contributed by atoms with van der Waals surface area (Å²) in [5, 5.41) is 1.33. The van der Waals surface area contributed by atoms with Crippen molar-refractivity contribution in [1.82, 2.24) is 4.98 Å². The third-order valence-electron chi connectivity index (χ3n) is 5.13. The molecule has 30 heavy (non-hydrogen) atoms. The van der Waals surface area contributed by atoms with Crippen LogP contribution in [0.15, 0.2) is 72.9 Å². The quantitative estimate of drug-likeness (QED) is 0.315. The SMILES string of the molecule is CCCc1ccc(-c2cc(-c3nccc4ccc(F)cc34)ccc2C(F)(F)F)cc1. The van der Waals surface area contributed by atoms with Gasteiger partial charge in [-0.05, 0) is 58.8 Å². The molecule has 0 radical (unpaired) electrons. The highest BCUT2D eigenvalue weighted by molar-refractivity contribution is 5.95. The molecule has 0 aliphatic rings. The van der Waals surface area contributed by atoms with Gasteiger partial charge in [-0.3, -0.25) is 4.98 Å². The zero-order valence-electron chi connectivity index (χ0n) is 16.3. The van der Waals surface area contributed by atoms with E-state index in [1.54, 1.807) is 30.5 Å². The van der Waals surface area contributed by atoms with Crippen LogP contribution in [-0.2, 0) is 12.6 Å². The molecular weight excluding hydrogens is 390 g/mol. The van der Waals surface area contributed by atoms with Crippen molar-refractivity contribution in [2.75, 3.05) is 0 Å². The van der Waals surface area contributed by atoms with E-state index in [-0.39, 0.29) is 5.56 Å². The Morgan fingerprint density at radius 2 is 1.57 bits per heavy atom. The predicted octanol–water partition coefficient (Wildman–Crippen LogP) is 7.68. The highest BCUT2D eigenvalue weighted by Gasteiger charge is 2.34. The molecule has 0 bridgehead atoms. The molecule has 0 aliphatic heterocycles. The number of fused-ring (bicyclic) bond motifs is 1. The van der Waals surface area contributed by atoms with Crippen molar-refractivity contribution in [3.63, 3.8) is 0 Å². The summed E-state index contributed by atoms with van der Waals surface area (Å²) in [5.74, 6) is -0.421. The van der Waals surface area contributed by atoms with Crippen LogP contribution in [0.4, 0.5) is 17.6 Å². The van der Waals surface area contributed by atoms with Gasteiger partial charge in [0.15, 0.2) is 0 Å². The summed E-state index contributed by atoms with van der Waals surface area (Å²) in [6.45, 7) is 2.05. The number of hydrogen-bond donors (Lipinski definition) is 0. The molecule has 0 saturated carbocycles. The maximum absolute atomic E-state index is 13.8. The molecule has 1 aromatic heterocycles. The summed E-state index contributed by atoms with van der Waals surface area (Å²) in [4.78, 5) is 4.34. The first-order valence-corrected chi connectivity index (χ1v) is 9.72. The van der Waals surface area contributed by atoms with Crippen LogP contribution in [0.5, 0.6) is 0 Å². The minimum atomic E-state index is -4.49. The molecule has 5 heteroatoms. The zero-order chi connectivity index (χ0) is 21.3. The van der Waals surface area contributed by atoms with E-state index in [9.17, 15) is 17.6 Å². The minimum Gasteiger partial charge on any atom is -0.256 e. The standard InChI is InChI=1S/C25H19F4N/c1-2-3-16-4-6-17(7-5-16)21-14-19(9-11-23(21)25(27,28)29)24-22-15-20(26)10-8-18(22)12-13-30-24/h4-15H,2-3H2,1H3. The van der Waals surface area contributed by atoms with Crippen molar-refractivity contribution in [2.24, 2.45) is 0 Å². The monoisotopic (exact) mass is 409 g/mol. The summed E-state index contributed by atoms with van der Waals surface area (Å²) in [5.41, 5.74) is 1.89. The molecular formula is C25H19F4N. The number of pyridine rings is 1. The summed E-state index contributed by atoms with van der Waals surface area (Å²) in [6, 6.07) is 17.2. The maximum Gasteiger partial charge on any atom is 0.417 e. The second-order valence-electron chi connectivity index (χ2n) is 7.23. The molecule has 0 spiro atoms. The molecule has 152 valence electrons. The molecule has 1 nitrogen and oxygen atoms in total. The fourth-order valence-corrected chi connectivity index (χ4v) is 3.69. The van der Waals surface area contributed by atoms with E-state index in [0.29, 0.717) is 22.2 Å². The van der Waals surface area contributed by atoms with Gasteiger partial charge in [0.05, 0.1) is 11.3 Å². The van der Waals surface area contributed by atoms with Crippen molar-refractivity contribution in [3.8, 4) is 22.4 Å². The molecule has 0 N–H and O–H groups in total. The average molecular weight is 409 g/mol. The molecule has 0 atom stereocenters. The summed E-state index contributed by atoms with van der Waals surface area (Å²) >= 11 is 0. The fourth-order valence-electron chi connectivity index (χ4n) is 3.69. The van der Waals surface area contributed by atoms with E-state index in [1.807, 2.05) is 12.1 Å². The summed E-state index contributed by atoms with van der Waals surface area (Å²) in [6.07, 6.45) is -1.08. The van der Waals surface area contributed by atoms with Gasteiger partial charge in [0.25, 0.3) is 0 Å². The normalized spacial score (nSPS) is 11.8. The molecule has 0 fully saturated rings. The van der Waals surface area contributed by atoms with Gasteiger partial charge in [-0.15, -0.1) is 0 Å². The Balaban J connectivity index is 1.90. The second kappa shape index (κ2) is 7.90. The van der Waals surface area contributed by atoms with Gasteiger partial charge >= 0.3 is 6.18 Å². The van der Waals surface area contributed by atoms with Crippen LogP contribution in [0.25, 0.3) is 33.2 Å². The van der Waals surface area contributed by atoms with Gasteiger partial charge in [-0.25, -0.2) is 4.39 Å². The highest BCUT2D eigenvalue weighted by Crippen LogP contribution is 2.40. The van der Waals surface area contributed by atoms with Gasteiger partial charge < -0.3 is 0 Å². The molecule has 3 aromatic carbocycles. The number of halogens is 4. The van der Waals surface area contributed by atoms with Gasteiger partial charge in [-0.2, -0.15) is 13.2 Å². The molecule has 4 rings (SSSR count). The van der Waals surface area contributed by atoms with Gasteiger partial charge in [0.2, 0.25) is 0 Å². The second-order valence-corrected chi connectivity index (χ2v) is 7.23. The van der Waals surface area contributed by atoms with Crippen molar-refractivity contribution in [1.29, 1.82) is 0 Å². The average Bonchev–Trinajstić information content (AvgIpc) is 2.73. The lowest BCUT2D eigenvalue weighted by Crippen LogP contribution is -2.07. The number of aryl methyl sites for hydroxylation is 1. The van der Waals surface area contributed by atoms with E-state index in [0.717, 1.165) is 29.9 Å². The molecule has 0 saturated heterocycles. The Bertz CT molecular complexity index is 1190. The van der Waals surface area contributed by atoms with E-state index in [4.69, 9.17) is 0 Å². The topological polar surface area (TPSA) is 12.9 Å². The summed E-state index contributed by atoms with van der Waals surface area (Å²) < 4.78 is 54.9. The smallest absolute Gasteiger partial charge is 0.256 e. The molecule has 1 heterocycles. The first-order valence-electron chi connectivity index (χ1n) is 9.72. The Hall–Kier alpha value is -3.21. The number of rotatable bonds is 4. The molecule has 0 aliphatic carbocycles. The van der Waals surface area contributed by atoms with Crippen molar-refractivity contribution in [3.05, 3.63) is 89.9 Å². The summed E-state index contributed by atoms with van der Waals surface area (Å²) in [7, 11) is 0. The number of hydrogen-bond acceptors (Lipinski definition) is 1. The maximum atomic E-state index is 13.8. The number of benzene rings is 3. The zero-order valence-corrected chi connectivity index (χ0v) is 16.3. The Morgan fingerprint density at radius 3 is 2.27 bits per heavy atom. The van der Waals surface area contributed by atoms with E-state index in [1.165, 1.54) is 24.3 Å². The van der Waals surface area contributed by atoms with Gasteiger partial charge in [0.1, 0.15) is 5.82 Å². The van der Waals surface area contributed by atoms with Crippen LogP contribution in [0.2, 0.25) is 0 Å². The Kier molecular flexibility index (Phi) is 5.29. The molecule has 4 aromatic rings. The lowest BCUT2D eigenvalue weighted by atomic mass is 9.93. The highest BCUT2D eigenvalue weighted by atomic mass is 19.4. The lowest BCUT2D eigenvalue weighted by molar-refractivity contribution is -0.137.